The van der Waals surface area contributed by atoms with Crippen molar-refractivity contribution in [3.63, 3.8) is 0 Å². The van der Waals surface area contributed by atoms with Gasteiger partial charge in [0.2, 0.25) is 0 Å². The molecule has 1 rings (SSSR count). The molecular weight excluding hydrogens is 375 g/mol. The van der Waals surface area contributed by atoms with Gasteiger partial charge in [-0.25, -0.2) is 0 Å². The lowest BCUT2D eigenvalue weighted by atomic mass is 10.0. The van der Waals surface area contributed by atoms with Crippen LogP contribution < -0.4 is 11.1 Å². The average Bonchev–Trinajstić information content (AvgIpc) is 2.40. The van der Waals surface area contributed by atoms with Crippen LogP contribution in [0.3, 0.4) is 0 Å². The number of carboxylic acid groups (broad SMARTS) is 3. The number of allylic oxidation sites excluding steroid dienone is 2. The molecule has 0 fully saturated rings. The first-order valence-electron chi connectivity index (χ1n) is 7.05. The highest BCUT2D eigenvalue weighted by molar-refractivity contribution is 6.39. The maximum Gasteiger partial charge on any atom is 0.300 e. The zero-order valence-corrected chi connectivity index (χ0v) is 16.2. The van der Waals surface area contributed by atoms with E-state index in [4.69, 9.17) is 58.6 Å². The lowest BCUT2D eigenvalue weighted by Crippen LogP contribution is -2.43. The van der Waals surface area contributed by atoms with Crippen LogP contribution in [0.1, 0.15) is 34.1 Å². The summed E-state index contributed by atoms with van der Waals surface area (Å²) in [5.74, 6) is -2.50. The SMILES string of the molecule is CC(=O)O.CC(=O)O.CC(=O)O.CC1=CCC(Cl)(NCCN)C(Cl)=C1. The van der Waals surface area contributed by atoms with Crippen LogP contribution in [0.15, 0.2) is 22.8 Å². The van der Waals surface area contributed by atoms with Gasteiger partial charge in [0.05, 0.1) is 5.03 Å². The summed E-state index contributed by atoms with van der Waals surface area (Å²) in [5, 5.41) is 26.0. The Hall–Kier alpha value is -1.61. The first-order chi connectivity index (χ1) is 11.3. The number of carbonyl (C=O) groups is 3. The predicted molar refractivity (Wildman–Crippen MR) is 97.9 cm³/mol. The number of hydrogen-bond acceptors (Lipinski definition) is 5. The van der Waals surface area contributed by atoms with Crippen LogP contribution in [0.4, 0.5) is 0 Å². The molecule has 8 nitrogen and oxygen atoms in total. The van der Waals surface area contributed by atoms with Gasteiger partial charge in [0.1, 0.15) is 5.00 Å². The van der Waals surface area contributed by atoms with Crippen molar-refractivity contribution in [3.8, 4) is 0 Å². The number of halogens is 2. The molecule has 6 N–H and O–H groups in total. The Morgan fingerprint density at radius 2 is 1.52 bits per heavy atom. The molecule has 25 heavy (non-hydrogen) atoms. The summed E-state index contributed by atoms with van der Waals surface area (Å²) in [4.78, 5) is 26.4. The summed E-state index contributed by atoms with van der Waals surface area (Å²) in [7, 11) is 0. The smallest absolute Gasteiger partial charge is 0.300 e. The van der Waals surface area contributed by atoms with E-state index in [0.717, 1.165) is 26.3 Å². The van der Waals surface area contributed by atoms with Gasteiger partial charge >= 0.3 is 0 Å². The summed E-state index contributed by atoms with van der Waals surface area (Å²) < 4.78 is 0. The van der Waals surface area contributed by atoms with E-state index in [1.807, 2.05) is 13.0 Å². The maximum absolute atomic E-state index is 9.00. The van der Waals surface area contributed by atoms with Crippen LogP contribution in [-0.4, -0.2) is 51.3 Å². The first-order valence-corrected chi connectivity index (χ1v) is 7.81. The van der Waals surface area contributed by atoms with Crippen LogP contribution >= 0.6 is 23.2 Å². The minimum atomic E-state index is -0.833. The predicted octanol–water partition coefficient (Wildman–Crippen LogP) is 2.22. The molecule has 0 radical (unpaired) electrons. The van der Waals surface area contributed by atoms with Gasteiger partial charge in [0.25, 0.3) is 17.9 Å². The summed E-state index contributed by atoms with van der Waals surface area (Å²) in [5.41, 5.74) is 6.53. The Morgan fingerprint density at radius 1 is 1.16 bits per heavy atom. The molecule has 0 heterocycles. The highest BCUT2D eigenvalue weighted by Gasteiger charge is 2.31. The number of hydrogen-bond donors (Lipinski definition) is 5. The van der Waals surface area contributed by atoms with Gasteiger partial charge in [0.15, 0.2) is 0 Å². The van der Waals surface area contributed by atoms with E-state index in [9.17, 15) is 0 Å². The lowest BCUT2D eigenvalue weighted by Gasteiger charge is -2.29. The summed E-state index contributed by atoms with van der Waals surface area (Å²) in [6, 6.07) is 0. The third kappa shape index (κ3) is 24.8. The Morgan fingerprint density at radius 3 is 1.80 bits per heavy atom. The Kier molecular flexibility index (Phi) is 17.9. The number of carboxylic acids is 3. The fraction of sp³-hybridized carbons (Fsp3) is 0.533. The molecule has 1 atom stereocenters. The van der Waals surface area contributed by atoms with Crippen LogP contribution in [0.25, 0.3) is 0 Å². The van der Waals surface area contributed by atoms with Gasteiger partial charge in [-0.05, 0) is 13.0 Å². The summed E-state index contributed by atoms with van der Waals surface area (Å²) in [6.45, 7) is 6.48. The van der Waals surface area contributed by atoms with Crippen molar-refractivity contribution in [1.29, 1.82) is 0 Å². The molecule has 10 heteroatoms. The minimum absolute atomic E-state index is 0.557. The summed E-state index contributed by atoms with van der Waals surface area (Å²) in [6.07, 6.45) is 4.64. The fourth-order valence-electron chi connectivity index (χ4n) is 1.20. The van der Waals surface area contributed by atoms with E-state index in [1.165, 1.54) is 0 Å². The minimum Gasteiger partial charge on any atom is -0.481 e. The van der Waals surface area contributed by atoms with Gasteiger partial charge in [-0.1, -0.05) is 34.9 Å². The molecule has 0 saturated heterocycles. The molecule has 0 aliphatic heterocycles. The molecule has 0 aromatic heterocycles. The monoisotopic (exact) mass is 400 g/mol. The molecular formula is C15H26Cl2N2O6. The van der Waals surface area contributed by atoms with Crippen LogP contribution in [0.2, 0.25) is 0 Å². The van der Waals surface area contributed by atoms with E-state index in [0.29, 0.717) is 24.5 Å². The van der Waals surface area contributed by atoms with Gasteiger partial charge in [-0.3, -0.25) is 19.7 Å². The molecule has 0 aromatic rings. The molecule has 0 spiro atoms. The number of nitrogens with two attached hydrogens (primary N) is 1. The van der Waals surface area contributed by atoms with Gasteiger partial charge in [-0.2, -0.15) is 0 Å². The quantitative estimate of drug-likeness (QED) is 0.357. The third-order valence-corrected chi connectivity index (χ3v) is 3.01. The third-order valence-electron chi connectivity index (χ3n) is 1.99. The van der Waals surface area contributed by atoms with E-state index < -0.39 is 22.9 Å². The second-order valence-electron chi connectivity index (χ2n) is 4.72. The second kappa shape index (κ2) is 15.9. The van der Waals surface area contributed by atoms with Crippen molar-refractivity contribution in [2.75, 3.05) is 13.1 Å². The van der Waals surface area contributed by atoms with Crippen molar-refractivity contribution in [2.24, 2.45) is 5.73 Å². The summed E-state index contributed by atoms with van der Waals surface area (Å²) >= 11 is 12.3. The first kappa shape index (κ1) is 28.2. The van der Waals surface area contributed by atoms with Crippen molar-refractivity contribution in [1.82, 2.24) is 5.32 Å². The zero-order chi connectivity index (χ0) is 20.6. The van der Waals surface area contributed by atoms with Crippen molar-refractivity contribution >= 4 is 41.1 Å². The average molecular weight is 401 g/mol. The largest absolute Gasteiger partial charge is 0.481 e. The van der Waals surface area contributed by atoms with Crippen molar-refractivity contribution in [2.45, 2.75) is 39.1 Å². The molecule has 1 unspecified atom stereocenters. The molecule has 146 valence electrons. The Bertz CT molecular complexity index is 454. The van der Waals surface area contributed by atoms with Crippen molar-refractivity contribution < 1.29 is 29.7 Å². The highest BCUT2D eigenvalue weighted by Crippen LogP contribution is 2.34. The standard InChI is InChI=1S/C9H14Cl2N2.3C2H4O2/c1-7-2-3-9(11,8(10)6-7)13-5-4-12;3*1-2(3)4/h2,6,13H,3-5,12H2,1H3;3*1H3,(H,3,4). The van der Waals surface area contributed by atoms with E-state index in [2.05, 4.69) is 11.4 Å². The number of alkyl halides is 1. The zero-order valence-electron chi connectivity index (χ0n) is 14.7. The Balaban J connectivity index is -0.000000333. The van der Waals surface area contributed by atoms with Crippen LogP contribution in [-0.2, 0) is 14.4 Å². The van der Waals surface area contributed by atoms with E-state index in [1.54, 1.807) is 0 Å². The fourth-order valence-corrected chi connectivity index (χ4v) is 1.74. The molecule has 1 aliphatic rings. The van der Waals surface area contributed by atoms with Gasteiger partial charge in [-0.15, -0.1) is 0 Å². The normalized spacial score (nSPS) is 17.7. The molecule has 0 aromatic carbocycles. The molecule has 0 bridgehead atoms. The molecule has 0 amide bonds. The lowest BCUT2D eigenvalue weighted by molar-refractivity contribution is -0.135. The second-order valence-corrected chi connectivity index (χ2v) is 5.77. The molecule has 0 saturated carbocycles. The topological polar surface area (TPSA) is 150 Å². The number of aliphatic carboxylic acids is 3. The van der Waals surface area contributed by atoms with Gasteiger partial charge < -0.3 is 21.1 Å². The van der Waals surface area contributed by atoms with E-state index in [-0.39, 0.29) is 0 Å². The number of rotatable bonds is 3. The Labute approximate surface area is 157 Å². The highest BCUT2D eigenvalue weighted by atomic mass is 35.5. The maximum atomic E-state index is 9.00. The number of nitrogens with one attached hydrogen (secondary N) is 1. The molecule has 1 aliphatic carbocycles. The van der Waals surface area contributed by atoms with Crippen LogP contribution in [0, 0.1) is 0 Å². The van der Waals surface area contributed by atoms with E-state index >= 15 is 0 Å². The van der Waals surface area contributed by atoms with Crippen LogP contribution in [0.5, 0.6) is 0 Å². The van der Waals surface area contributed by atoms with Crippen molar-refractivity contribution in [3.05, 3.63) is 22.8 Å². The van der Waals surface area contributed by atoms with Gasteiger partial charge in [0, 0.05) is 40.3 Å².